The molecule has 2 aliphatic rings. The number of nitrogens with one attached hydrogen (secondary N) is 1. The number of aromatic nitrogens is 3. The van der Waals surface area contributed by atoms with Gasteiger partial charge >= 0.3 is 0 Å². The number of hydrogen-bond donors (Lipinski definition) is 1. The third-order valence-corrected chi connectivity index (χ3v) is 5.09. The Morgan fingerprint density at radius 2 is 2.15 bits per heavy atom. The van der Waals surface area contributed by atoms with E-state index in [1.165, 1.54) is 30.4 Å². The lowest BCUT2D eigenvalue weighted by Crippen LogP contribution is -2.28. The number of rotatable bonds is 4. The molecule has 0 saturated carbocycles. The maximum atomic E-state index is 9.58. The molecular formula is C19H22N6O. The summed E-state index contributed by atoms with van der Waals surface area (Å²) in [6, 6.07) is 6.43. The second-order valence-electron chi connectivity index (χ2n) is 6.81. The van der Waals surface area contributed by atoms with E-state index in [2.05, 4.69) is 26.3 Å². The standard InChI is InChI=1S/C19H22N6O/c1-26-18-9-17(21-12-22-18)23-15-6-7-25(11-15)19-14(10-20)8-13-4-2-3-5-16(13)24-19/h8-9,12,15H,2-7,11H2,1H3,(H,21,22,23). The minimum atomic E-state index is 0.249. The normalized spacial score (nSPS) is 18.9. The molecule has 1 fully saturated rings. The Morgan fingerprint density at radius 1 is 1.27 bits per heavy atom. The van der Waals surface area contributed by atoms with Gasteiger partial charge in [0.05, 0.1) is 12.7 Å². The second kappa shape index (κ2) is 7.16. The van der Waals surface area contributed by atoms with Crippen LogP contribution in [0.3, 0.4) is 0 Å². The van der Waals surface area contributed by atoms with Crippen LogP contribution < -0.4 is 15.0 Å². The van der Waals surface area contributed by atoms with Crippen LogP contribution in [0.25, 0.3) is 0 Å². The Bertz CT molecular complexity index is 846. The molecular weight excluding hydrogens is 328 g/mol. The molecule has 0 bridgehead atoms. The zero-order valence-corrected chi connectivity index (χ0v) is 14.9. The van der Waals surface area contributed by atoms with Gasteiger partial charge in [-0.3, -0.25) is 0 Å². The molecule has 0 aromatic carbocycles. The summed E-state index contributed by atoms with van der Waals surface area (Å²) in [6.07, 6.45) is 6.89. The third-order valence-electron chi connectivity index (χ3n) is 5.09. The number of fused-ring (bicyclic) bond motifs is 1. The molecule has 1 unspecified atom stereocenters. The topological polar surface area (TPSA) is 87.0 Å². The van der Waals surface area contributed by atoms with E-state index < -0.39 is 0 Å². The van der Waals surface area contributed by atoms with E-state index in [0.29, 0.717) is 11.4 Å². The molecule has 7 nitrogen and oxygen atoms in total. The summed E-state index contributed by atoms with van der Waals surface area (Å²) in [5, 5.41) is 13.0. The van der Waals surface area contributed by atoms with Crippen molar-refractivity contribution < 1.29 is 4.74 Å². The van der Waals surface area contributed by atoms with Crippen LogP contribution in [0.4, 0.5) is 11.6 Å². The first-order valence-corrected chi connectivity index (χ1v) is 9.07. The number of ether oxygens (including phenoxy) is 1. The van der Waals surface area contributed by atoms with Crippen LogP contribution in [0.5, 0.6) is 5.88 Å². The molecule has 1 saturated heterocycles. The third kappa shape index (κ3) is 3.27. The van der Waals surface area contributed by atoms with Gasteiger partial charge in [-0.2, -0.15) is 5.26 Å². The molecule has 26 heavy (non-hydrogen) atoms. The quantitative estimate of drug-likeness (QED) is 0.905. The molecule has 2 aromatic heterocycles. The number of nitriles is 1. The van der Waals surface area contributed by atoms with E-state index in [9.17, 15) is 5.26 Å². The summed E-state index contributed by atoms with van der Waals surface area (Å²) >= 11 is 0. The molecule has 134 valence electrons. The van der Waals surface area contributed by atoms with E-state index in [1.807, 2.05) is 6.07 Å². The van der Waals surface area contributed by atoms with E-state index in [4.69, 9.17) is 9.72 Å². The van der Waals surface area contributed by atoms with Gasteiger partial charge in [0.15, 0.2) is 0 Å². The van der Waals surface area contributed by atoms with E-state index in [0.717, 1.165) is 44.0 Å². The smallest absolute Gasteiger partial charge is 0.218 e. The van der Waals surface area contributed by atoms with Crippen molar-refractivity contribution in [3.8, 4) is 11.9 Å². The summed E-state index contributed by atoms with van der Waals surface area (Å²) in [7, 11) is 1.59. The number of aryl methyl sites for hydroxylation is 2. The molecule has 7 heteroatoms. The van der Waals surface area contributed by atoms with Crippen LogP contribution in [-0.2, 0) is 12.8 Å². The molecule has 1 N–H and O–H groups in total. The largest absolute Gasteiger partial charge is 0.481 e. The highest BCUT2D eigenvalue weighted by Gasteiger charge is 2.27. The van der Waals surface area contributed by atoms with Crippen LogP contribution in [0.1, 0.15) is 36.1 Å². The minimum absolute atomic E-state index is 0.249. The number of methoxy groups -OCH3 is 1. The van der Waals surface area contributed by atoms with Gasteiger partial charge in [0.25, 0.3) is 0 Å². The summed E-state index contributed by atoms with van der Waals surface area (Å²) in [4.78, 5) is 15.4. The van der Waals surface area contributed by atoms with Crippen LogP contribution in [0.15, 0.2) is 18.5 Å². The highest BCUT2D eigenvalue weighted by Crippen LogP contribution is 2.29. The highest BCUT2D eigenvalue weighted by molar-refractivity contribution is 5.57. The molecule has 0 radical (unpaired) electrons. The monoisotopic (exact) mass is 350 g/mol. The number of anilines is 2. The molecule has 1 atom stereocenters. The molecule has 3 heterocycles. The SMILES string of the molecule is COc1cc(NC2CCN(c3nc4c(cc3C#N)CCCC4)C2)ncn1. The predicted molar refractivity (Wildman–Crippen MR) is 98.4 cm³/mol. The van der Waals surface area contributed by atoms with Crippen molar-refractivity contribution in [3.05, 3.63) is 35.3 Å². The van der Waals surface area contributed by atoms with Gasteiger partial charge in [0.2, 0.25) is 5.88 Å². The van der Waals surface area contributed by atoms with Gasteiger partial charge in [-0.05, 0) is 43.7 Å². The van der Waals surface area contributed by atoms with Gasteiger partial charge in [0, 0.05) is 30.9 Å². The highest BCUT2D eigenvalue weighted by atomic mass is 16.5. The fourth-order valence-corrected chi connectivity index (χ4v) is 3.76. The van der Waals surface area contributed by atoms with Gasteiger partial charge in [0.1, 0.15) is 24.0 Å². The average Bonchev–Trinajstić information content (AvgIpc) is 3.15. The molecule has 2 aromatic rings. The lowest BCUT2D eigenvalue weighted by Gasteiger charge is -2.23. The predicted octanol–water partition coefficient (Wildman–Crippen LogP) is 2.32. The summed E-state index contributed by atoms with van der Waals surface area (Å²) in [5.74, 6) is 2.13. The second-order valence-corrected chi connectivity index (χ2v) is 6.81. The van der Waals surface area contributed by atoms with Crippen molar-refractivity contribution in [2.24, 2.45) is 0 Å². The van der Waals surface area contributed by atoms with Crippen LogP contribution in [0.2, 0.25) is 0 Å². The summed E-state index contributed by atoms with van der Waals surface area (Å²) in [6.45, 7) is 1.67. The Kier molecular flexibility index (Phi) is 4.57. The van der Waals surface area contributed by atoms with Crippen molar-refractivity contribution >= 4 is 11.6 Å². The maximum Gasteiger partial charge on any atom is 0.218 e. The van der Waals surface area contributed by atoms with Crippen molar-refractivity contribution in [1.29, 1.82) is 5.26 Å². The Hall–Kier alpha value is -2.88. The first-order valence-electron chi connectivity index (χ1n) is 9.07. The summed E-state index contributed by atoms with van der Waals surface area (Å²) < 4.78 is 5.15. The molecule has 0 spiro atoms. The van der Waals surface area contributed by atoms with Crippen molar-refractivity contribution in [2.45, 2.75) is 38.1 Å². The van der Waals surface area contributed by atoms with Crippen molar-refractivity contribution in [3.63, 3.8) is 0 Å². The summed E-state index contributed by atoms with van der Waals surface area (Å²) in [5.41, 5.74) is 3.11. The van der Waals surface area contributed by atoms with E-state index in [-0.39, 0.29) is 6.04 Å². The van der Waals surface area contributed by atoms with E-state index in [1.54, 1.807) is 13.2 Å². The van der Waals surface area contributed by atoms with Gasteiger partial charge in [-0.15, -0.1) is 0 Å². The molecule has 1 aliphatic heterocycles. The van der Waals surface area contributed by atoms with E-state index >= 15 is 0 Å². The van der Waals surface area contributed by atoms with Gasteiger partial charge in [-0.1, -0.05) is 0 Å². The fourth-order valence-electron chi connectivity index (χ4n) is 3.76. The van der Waals surface area contributed by atoms with Crippen molar-refractivity contribution in [2.75, 3.05) is 30.4 Å². The lowest BCUT2D eigenvalue weighted by molar-refractivity contribution is 0.397. The zero-order valence-electron chi connectivity index (χ0n) is 14.9. The molecule has 0 amide bonds. The number of hydrogen-bond acceptors (Lipinski definition) is 7. The number of pyridine rings is 1. The first-order chi connectivity index (χ1) is 12.8. The molecule has 1 aliphatic carbocycles. The Morgan fingerprint density at radius 3 is 3.00 bits per heavy atom. The van der Waals surface area contributed by atoms with Gasteiger partial charge in [-0.25, -0.2) is 15.0 Å². The van der Waals surface area contributed by atoms with Crippen LogP contribution in [-0.4, -0.2) is 41.2 Å². The zero-order chi connectivity index (χ0) is 17.9. The van der Waals surface area contributed by atoms with Crippen molar-refractivity contribution in [1.82, 2.24) is 15.0 Å². The average molecular weight is 350 g/mol. The maximum absolute atomic E-state index is 9.58. The van der Waals surface area contributed by atoms with Gasteiger partial charge < -0.3 is 15.0 Å². The van der Waals surface area contributed by atoms with Crippen LogP contribution >= 0.6 is 0 Å². The Balaban J connectivity index is 1.51. The first kappa shape index (κ1) is 16.6. The van der Waals surface area contributed by atoms with Crippen LogP contribution in [0, 0.1) is 11.3 Å². The number of nitrogens with zero attached hydrogens (tertiary/aromatic N) is 5. The lowest BCUT2D eigenvalue weighted by atomic mass is 9.95. The fraction of sp³-hybridized carbons (Fsp3) is 0.474. The molecule has 4 rings (SSSR count). The Labute approximate surface area is 153 Å². The minimum Gasteiger partial charge on any atom is -0.481 e.